The third kappa shape index (κ3) is 2.48. The van der Waals surface area contributed by atoms with Crippen LogP contribution < -0.4 is 11.3 Å². The van der Waals surface area contributed by atoms with Crippen LogP contribution >= 0.6 is 0 Å². The zero-order chi connectivity index (χ0) is 13.3. The Hall–Kier alpha value is -1.95. The van der Waals surface area contributed by atoms with Crippen LogP contribution in [0.3, 0.4) is 0 Å². The Labute approximate surface area is 106 Å². The number of hydrogen-bond donors (Lipinski definition) is 2. The average molecular weight is 246 g/mol. The van der Waals surface area contributed by atoms with Crippen molar-refractivity contribution in [2.24, 2.45) is 5.84 Å². The van der Waals surface area contributed by atoms with Crippen molar-refractivity contribution in [2.45, 2.75) is 33.1 Å². The largest absolute Gasteiger partial charge is 0.308 e. The number of hydrazine groups is 1. The monoisotopic (exact) mass is 246 g/mol. The average Bonchev–Trinajstić information content (AvgIpc) is 2.74. The van der Waals surface area contributed by atoms with Gasteiger partial charge in [0.1, 0.15) is 11.6 Å². The van der Waals surface area contributed by atoms with Gasteiger partial charge in [-0.3, -0.25) is 0 Å². The molecule has 18 heavy (non-hydrogen) atoms. The SMILES string of the molecule is Cc1ccn(-c2cc(NN)nc(C(C)(C)C)n2)n1. The molecule has 0 saturated heterocycles. The molecule has 0 aliphatic rings. The van der Waals surface area contributed by atoms with Gasteiger partial charge in [0, 0.05) is 17.7 Å². The number of aryl methyl sites for hydroxylation is 1. The van der Waals surface area contributed by atoms with E-state index in [0.717, 1.165) is 11.5 Å². The second kappa shape index (κ2) is 4.38. The molecule has 2 rings (SSSR count). The zero-order valence-corrected chi connectivity index (χ0v) is 11.1. The Balaban J connectivity index is 2.54. The Morgan fingerprint density at radius 2 is 2.00 bits per heavy atom. The first-order chi connectivity index (χ1) is 8.40. The predicted molar refractivity (Wildman–Crippen MR) is 70.4 cm³/mol. The van der Waals surface area contributed by atoms with Crippen LogP contribution in [0.1, 0.15) is 32.3 Å². The molecule has 0 aliphatic heterocycles. The number of nitrogens with zero attached hydrogens (tertiary/aromatic N) is 4. The van der Waals surface area contributed by atoms with Crippen molar-refractivity contribution in [2.75, 3.05) is 5.43 Å². The molecule has 0 aromatic carbocycles. The lowest BCUT2D eigenvalue weighted by Gasteiger charge is -2.18. The number of nitrogens with one attached hydrogen (secondary N) is 1. The minimum Gasteiger partial charge on any atom is -0.308 e. The molecule has 0 radical (unpaired) electrons. The summed E-state index contributed by atoms with van der Waals surface area (Å²) >= 11 is 0. The quantitative estimate of drug-likeness (QED) is 0.620. The highest BCUT2D eigenvalue weighted by molar-refractivity contribution is 5.41. The van der Waals surface area contributed by atoms with Crippen LogP contribution in [0.25, 0.3) is 5.82 Å². The molecule has 2 heterocycles. The fourth-order valence-corrected chi connectivity index (χ4v) is 1.50. The van der Waals surface area contributed by atoms with Gasteiger partial charge in [-0.2, -0.15) is 5.10 Å². The van der Waals surface area contributed by atoms with E-state index >= 15 is 0 Å². The second-order valence-corrected chi connectivity index (χ2v) is 5.23. The van der Waals surface area contributed by atoms with E-state index in [0.29, 0.717) is 11.6 Å². The van der Waals surface area contributed by atoms with E-state index in [4.69, 9.17) is 5.84 Å². The third-order valence-electron chi connectivity index (χ3n) is 2.49. The van der Waals surface area contributed by atoms with Crippen molar-refractivity contribution >= 4 is 5.82 Å². The third-order valence-corrected chi connectivity index (χ3v) is 2.49. The van der Waals surface area contributed by atoms with Gasteiger partial charge in [0.15, 0.2) is 5.82 Å². The van der Waals surface area contributed by atoms with Crippen molar-refractivity contribution in [3.63, 3.8) is 0 Å². The molecule has 0 fully saturated rings. The summed E-state index contributed by atoms with van der Waals surface area (Å²) in [5, 5.41) is 4.34. The molecule has 0 saturated carbocycles. The van der Waals surface area contributed by atoms with E-state index in [2.05, 4.69) is 41.3 Å². The minimum atomic E-state index is -0.149. The first-order valence-electron chi connectivity index (χ1n) is 5.79. The van der Waals surface area contributed by atoms with Gasteiger partial charge in [-0.1, -0.05) is 20.8 Å². The van der Waals surface area contributed by atoms with E-state index in [1.54, 1.807) is 10.7 Å². The van der Waals surface area contributed by atoms with Crippen LogP contribution in [0.2, 0.25) is 0 Å². The highest BCUT2D eigenvalue weighted by Crippen LogP contribution is 2.21. The first-order valence-corrected chi connectivity index (χ1v) is 5.79. The number of nitrogens with two attached hydrogens (primary N) is 1. The Bertz CT molecular complexity index is 552. The summed E-state index contributed by atoms with van der Waals surface area (Å²) in [7, 11) is 0. The zero-order valence-electron chi connectivity index (χ0n) is 11.1. The lowest BCUT2D eigenvalue weighted by Crippen LogP contribution is -2.20. The van der Waals surface area contributed by atoms with E-state index in [9.17, 15) is 0 Å². The fraction of sp³-hybridized carbons (Fsp3) is 0.417. The number of aromatic nitrogens is 4. The molecule has 0 aliphatic carbocycles. The molecule has 0 spiro atoms. The van der Waals surface area contributed by atoms with Gasteiger partial charge in [0.25, 0.3) is 0 Å². The van der Waals surface area contributed by atoms with Crippen molar-refractivity contribution in [1.29, 1.82) is 0 Å². The fourth-order valence-electron chi connectivity index (χ4n) is 1.50. The lowest BCUT2D eigenvalue weighted by molar-refractivity contribution is 0.542. The van der Waals surface area contributed by atoms with Gasteiger partial charge < -0.3 is 5.43 Å². The molecule has 3 N–H and O–H groups in total. The van der Waals surface area contributed by atoms with Gasteiger partial charge >= 0.3 is 0 Å². The summed E-state index contributed by atoms with van der Waals surface area (Å²) in [6.45, 7) is 8.10. The van der Waals surface area contributed by atoms with Crippen molar-refractivity contribution in [3.8, 4) is 5.82 Å². The molecule has 2 aromatic heterocycles. The predicted octanol–water partition coefficient (Wildman–Crippen LogP) is 1.55. The number of anilines is 1. The molecular weight excluding hydrogens is 228 g/mol. The number of nitrogen functional groups attached to an aromatic ring is 1. The molecule has 0 atom stereocenters. The van der Waals surface area contributed by atoms with Crippen LogP contribution in [0.15, 0.2) is 18.3 Å². The summed E-state index contributed by atoms with van der Waals surface area (Å²) in [6, 6.07) is 3.69. The lowest BCUT2D eigenvalue weighted by atomic mass is 9.96. The van der Waals surface area contributed by atoms with E-state index in [1.807, 2.05) is 19.2 Å². The second-order valence-electron chi connectivity index (χ2n) is 5.23. The maximum Gasteiger partial charge on any atom is 0.159 e. The molecule has 96 valence electrons. The maximum absolute atomic E-state index is 5.44. The van der Waals surface area contributed by atoms with Gasteiger partial charge in [-0.25, -0.2) is 20.5 Å². The molecular formula is C12H18N6. The van der Waals surface area contributed by atoms with Crippen LogP contribution in [0.5, 0.6) is 0 Å². The highest BCUT2D eigenvalue weighted by atomic mass is 15.3. The van der Waals surface area contributed by atoms with Crippen molar-refractivity contribution < 1.29 is 0 Å². The topological polar surface area (TPSA) is 81.7 Å². The molecule has 0 bridgehead atoms. The van der Waals surface area contributed by atoms with Gasteiger partial charge in [-0.05, 0) is 13.0 Å². The summed E-state index contributed by atoms with van der Waals surface area (Å²) < 4.78 is 1.72. The Morgan fingerprint density at radius 3 is 2.50 bits per heavy atom. The first kappa shape index (κ1) is 12.5. The summed E-state index contributed by atoms with van der Waals surface area (Å²) in [6.07, 6.45) is 1.87. The van der Waals surface area contributed by atoms with Crippen LogP contribution in [-0.2, 0) is 5.41 Å². The minimum absolute atomic E-state index is 0.149. The maximum atomic E-state index is 5.44. The molecule has 6 heteroatoms. The smallest absolute Gasteiger partial charge is 0.159 e. The summed E-state index contributed by atoms with van der Waals surface area (Å²) in [5.74, 6) is 7.45. The van der Waals surface area contributed by atoms with Gasteiger partial charge in [-0.15, -0.1) is 0 Å². The van der Waals surface area contributed by atoms with E-state index in [-0.39, 0.29) is 5.41 Å². The Morgan fingerprint density at radius 1 is 1.28 bits per heavy atom. The van der Waals surface area contributed by atoms with E-state index in [1.165, 1.54) is 0 Å². The summed E-state index contributed by atoms with van der Waals surface area (Å²) in [4.78, 5) is 8.90. The van der Waals surface area contributed by atoms with Crippen molar-refractivity contribution in [1.82, 2.24) is 19.7 Å². The van der Waals surface area contributed by atoms with Crippen LogP contribution in [0.4, 0.5) is 5.82 Å². The van der Waals surface area contributed by atoms with Crippen LogP contribution in [0, 0.1) is 6.92 Å². The van der Waals surface area contributed by atoms with Gasteiger partial charge in [0.2, 0.25) is 0 Å². The highest BCUT2D eigenvalue weighted by Gasteiger charge is 2.19. The molecule has 0 unspecified atom stereocenters. The molecule has 2 aromatic rings. The molecule has 6 nitrogen and oxygen atoms in total. The molecule has 0 amide bonds. The van der Waals surface area contributed by atoms with Crippen molar-refractivity contribution in [3.05, 3.63) is 29.8 Å². The Kier molecular flexibility index (Phi) is 3.04. The van der Waals surface area contributed by atoms with Gasteiger partial charge in [0.05, 0.1) is 5.69 Å². The summed E-state index contributed by atoms with van der Waals surface area (Å²) in [5.41, 5.74) is 3.35. The number of rotatable bonds is 2. The normalized spacial score (nSPS) is 11.6. The van der Waals surface area contributed by atoms with Crippen LogP contribution in [-0.4, -0.2) is 19.7 Å². The van der Waals surface area contributed by atoms with E-state index < -0.39 is 0 Å². The number of hydrogen-bond acceptors (Lipinski definition) is 5. The standard InChI is InChI=1S/C12H18N6/c1-8-5-6-18(17-8)10-7-9(16-13)14-11(15-10)12(2,3)4/h5-7H,13H2,1-4H3,(H,14,15,16).